The van der Waals surface area contributed by atoms with Crippen LogP contribution in [0.4, 0.5) is 13.2 Å². The van der Waals surface area contributed by atoms with Crippen LogP contribution in [-0.4, -0.2) is 23.4 Å². The molecule has 0 radical (unpaired) electrons. The number of nitrogens with two attached hydrogens (primary N) is 1. The maximum atomic E-state index is 12.3. The topological polar surface area (TPSA) is 70.3 Å². The van der Waals surface area contributed by atoms with Gasteiger partial charge >= 0.3 is 6.36 Å². The molecule has 2 N–H and O–H groups in total. The molecule has 0 aliphatic carbocycles. The van der Waals surface area contributed by atoms with Gasteiger partial charge in [-0.05, 0) is 19.1 Å². The summed E-state index contributed by atoms with van der Waals surface area (Å²) in [5, 5.41) is 0. The van der Waals surface area contributed by atoms with E-state index in [-0.39, 0.29) is 18.0 Å². The molecule has 1 aromatic heterocycles. The number of nitrogens with zero attached hydrogens (tertiary/aromatic N) is 2. The molecule has 1 heterocycles. The third kappa shape index (κ3) is 3.64. The van der Waals surface area contributed by atoms with Crippen LogP contribution in [0.1, 0.15) is 11.4 Å². The number of hydrogen-bond acceptors (Lipinski definition) is 5. The number of hydrogen-bond donors (Lipinski definition) is 1. The molecule has 118 valence electrons. The fourth-order valence-electron chi connectivity index (χ4n) is 1.90. The second-order valence-corrected chi connectivity index (χ2v) is 4.41. The molecule has 0 saturated heterocycles. The quantitative estimate of drug-likeness (QED) is 0.940. The second-order valence-electron chi connectivity index (χ2n) is 4.41. The van der Waals surface area contributed by atoms with Gasteiger partial charge in [0.05, 0.1) is 30.4 Å². The van der Waals surface area contributed by atoms with Gasteiger partial charge < -0.3 is 15.2 Å². The van der Waals surface area contributed by atoms with Gasteiger partial charge in [0.15, 0.2) is 0 Å². The van der Waals surface area contributed by atoms with E-state index >= 15 is 0 Å². The van der Waals surface area contributed by atoms with Crippen LogP contribution in [0.15, 0.2) is 24.4 Å². The zero-order chi connectivity index (χ0) is 16.3. The average molecular weight is 313 g/mol. The number of aromatic nitrogens is 2. The van der Waals surface area contributed by atoms with Crippen molar-refractivity contribution in [3.63, 3.8) is 0 Å². The first kappa shape index (κ1) is 16.0. The van der Waals surface area contributed by atoms with Crippen LogP contribution in [0.25, 0.3) is 11.3 Å². The number of ether oxygens (including phenoxy) is 2. The van der Waals surface area contributed by atoms with Gasteiger partial charge in [0, 0.05) is 18.2 Å². The van der Waals surface area contributed by atoms with Gasteiger partial charge in [-0.25, -0.2) is 4.98 Å². The van der Waals surface area contributed by atoms with E-state index in [2.05, 4.69) is 14.7 Å². The van der Waals surface area contributed by atoms with Crippen LogP contribution in [0.2, 0.25) is 0 Å². The highest BCUT2D eigenvalue weighted by molar-refractivity contribution is 5.70. The van der Waals surface area contributed by atoms with E-state index in [1.807, 2.05) is 0 Å². The molecule has 2 rings (SSSR count). The van der Waals surface area contributed by atoms with E-state index in [0.717, 1.165) is 6.07 Å². The van der Waals surface area contributed by atoms with E-state index in [0.29, 0.717) is 22.6 Å². The minimum atomic E-state index is -4.76. The van der Waals surface area contributed by atoms with Crippen molar-refractivity contribution in [2.45, 2.75) is 19.8 Å². The molecule has 1 aromatic carbocycles. The van der Waals surface area contributed by atoms with Gasteiger partial charge in [0.2, 0.25) is 0 Å². The Morgan fingerprint density at radius 3 is 2.59 bits per heavy atom. The summed E-state index contributed by atoms with van der Waals surface area (Å²) in [6.45, 7) is 1.94. The lowest BCUT2D eigenvalue weighted by Crippen LogP contribution is -2.17. The summed E-state index contributed by atoms with van der Waals surface area (Å²) in [5.41, 5.74) is 7.72. The summed E-state index contributed by atoms with van der Waals surface area (Å²) in [7, 11) is 1.35. The fourth-order valence-corrected chi connectivity index (χ4v) is 1.90. The van der Waals surface area contributed by atoms with E-state index < -0.39 is 6.36 Å². The van der Waals surface area contributed by atoms with E-state index in [4.69, 9.17) is 10.5 Å². The molecule has 0 unspecified atom stereocenters. The third-order valence-electron chi connectivity index (χ3n) is 2.88. The van der Waals surface area contributed by atoms with Crippen molar-refractivity contribution in [3.8, 4) is 22.8 Å². The van der Waals surface area contributed by atoms with E-state index in [9.17, 15) is 13.2 Å². The molecule has 0 aliphatic heterocycles. The minimum absolute atomic E-state index is 0.202. The largest absolute Gasteiger partial charge is 0.573 e. The van der Waals surface area contributed by atoms with Crippen LogP contribution in [0, 0.1) is 6.92 Å². The van der Waals surface area contributed by atoms with Gasteiger partial charge in [-0.2, -0.15) is 0 Å². The first-order chi connectivity index (χ1) is 10.3. The predicted octanol–water partition coefficient (Wildman–Crippen LogP) is 2.82. The molecule has 0 aliphatic rings. The number of rotatable bonds is 4. The zero-order valence-corrected chi connectivity index (χ0v) is 11.9. The Kier molecular flexibility index (Phi) is 4.51. The third-order valence-corrected chi connectivity index (χ3v) is 2.88. The number of halogens is 3. The van der Waals surface area contributed by atoms with Crippen LogP contribution < -0.4 is 15.2 Å². The first-order valence-corrected chi connectivity index (χ1v) is 6.31. The lowest BCUT2D eigenvalue weighted by atomic mass is 10.1. The maximum Gasteiger partial charge on any atom is 0.573 e. The normalized spacial score (nSPS) is 11.4. The molecule has 0 fully saturated rings. The highest BCUT2D eigenvalue weighted by Crippen LogP contribution is 2.35. The Morgan fingerprint density at radius 2 is 2.00 bits per heavy atom. The summed E-state index contributed by atoms with van der Waals surface area (Å²) in [4.78, 5) is 8.52. The first-order valence-electron chi connectivity index (χ1n) is 6.31. The predicted molar refractivity (Wildman–Crippen MR) is 73.3 cm³/mol. The summed E-state index contributed by atoms with van der Waals surface area (Å²) in [6.07, 6.45) is -3.21. The minimum Gasteiger partial charge on any atom is -0.496 e. The molecule has 2 aromatic rings. The standard InChI is InChI=1S/C14H14F3N3O2/c1-8-13(20-9(6-18)7-19-8)11-4-3-10(5-12(11)21-2)22-14(15,16)17/h3-5,7H,6,18H2,1-2H3. The Morgan fingerprint density at radius 1 is 1.27 bits per heavy atom. The van der Waals surface area contributed by atoms with E-state index in [1.165, 1.54) is 19.2 Å². The molecule has 0 atom stereocenters. The highest BCUT2D eigenvalue weighted by atomic mass is 19.4. The Bertz CT molecular complexity index is 675. The van der Waals surface area contributed by atoms with Gasteiger partial charge in [-0.15, -0.1) is 13.2 Å². The molecule has 0 spiro atoms. The van der Waals surface area contributed by atoms with Crippen molar-refractivity contribution in [2.24, 2.45) is 5.73 Å². The van der Waals surface area contributed by atoms with Crippen molar-refractivity contribution in [3.05, 3.63) is 35.8 Å². The average Bonchev–Trinajstić information content (AvgIpc) is 2.46. The van der Waals surface area contributed by atoms with Gasteiger partial charge in [0.1, 0.15) is 11.5 Å². The molecular weight excluding hydrogens is 299 g/mol. The smallest absolute Gasteiger partial charge is 0.496 e. The lowest BCUT2D eigenvalue weighted by molar-refractivity contribution is -0.274. The Balaban J connectivity index is 2.48. The van der Waals surface area contributed by atoms with Crippen LogP contribution >= 0.6 is 0 Å². The van der Waals surface area contributed by atoms with Crippen LogP contribution in [-0.2, 0) is 6.54 Å². The number of alkyl halides is 3. The molecule has 5 nitrogen and oxygen atoms in total. The molecular formula is C14H14F3N3O2. The number of methoxy groups -OCH3 is 1. The number of benzene rings is 1. The SMILES string of the molecule is COc1cc(OC(F)(F)F)ccc1-c1nc(CN)cnc1C. The van der Waals surface area contributed by atoms with Gasteiger partial charge in [0.25, 0.3) is 0 Å². The fraction of sp³-hybridized carbons (Fsp3) is 0.286. The molecule has 22 heavy (non-hydrogen) atoms. The maximum absolute atomic E-state index is 12.3. The van der Waals surface area contributed by atoms with Gasteiger partial charge in [-0.1, -0.05) is 0 Å². The van der Waals surface area contributed by atoms with Crippen molar-refractivity contribution in [1.29, 1.82) is 0 Å². The van der Waals surface area contributed by atoms with Crippen molar-refractivity contribution < 1.29 is 22.6 Å². The summed E-state index contributed by atoms with van der Waals surface area (Å²) in [5.74, 6) is -0.165. The van der Waals surface area contributed by atoms with Crippen molar-refractivity contribution in [2.75, 3.05) is 7.11 Å². The summed E-state index contributed by atoms with van der Waals surface area (Å²) in [6, 6.07) is 3.79. The van der Waals surface area contributed by atoms with Crippen LogP contribution in [0.5, 0.6) is 11.5 Å². The second kappa shape index (κ2) is 6.18. The molecule has 0 saturated carbocycles. The Labute approximate surface area is 124 Å². The summed E-state index contributed by atoms with van der Waals surface area (Å²) >= 11 is 0. The highest BCUT2D eigenvalue weighted by Gasteiger charge is 2.31. The number of aryl methyl sites for hydroxylation is 1. The zero-order valence-electron chi connectivity index (χ0n) is 11.9. The molecule has 0 bridgehead atoms. The van der Waals surface area contributed by atoms with Gasteiger partial charge in [-0.3, -0.25) is 4.98 Å². The van der Waals surface area contributed by atoms with Crippen molar-refractivity contribution >= 4 is 0 Å². The Hall–Kier alpha value is -2.35. The van der Waals surface area contributed by atoms with Crippen molar-refractivity contribution in [1.82, 2.24) is 9.97 Å². The molecule has 0 amide bonds. The summed E-state index contributed by atoms with van der Waals surface area (Å²) < 4.78 is 45.8. The lowest BCUT2D eigenvalue weighted by Gasteiger charge is -2.14. The monoisotopic (exact) mass is 313 g/mol. The van der Waals surface area contributed by atoms with Crippen LogP contribution in [0.3, 0.4) is 0 Å². The van der Waals surface area contributed by atoms with E-state index in [1.54, 1.807) is 13.1 Å². The molecule has 8 heteroatoms.